The van der Waals surface area contributed by atoms with Crippen molar-refractivity contribution < 1.29 is 4.92 Å². The molecule has 0 saturated heterocycles. The van der Waals surface area contributed by atoms with Crippen molar-refractivity contribution in [3.8, 4) is 0 Å². The number of nitro benzene ring substituents is 1. The summed E-state index contributed by atoms with van der Waals surface area (Å²) in [6.45, 7) is 1.22. The Morgan fingerprint density at radius 1 is 1.32 bits per heavy atom. The van der Waals surface area contributed by atoms with Crippen molar-refractivity contribution >= 4 is 47.4 Å². The summed E-state index contributed by atoms with van der Waals surface area (Å²) < 4.78 is 0. The Labute approximate surface area is 152 Å². The lowest BCUT2D eigenvalue weighted by Crippen LogP contribution is -2.37. The van der Waals surface area contributed by atoms with Gasteiger partial charge in [-0.2, -0.15) is 11.8 Å². The van der Waals surface area contributed by atoms with Gasteiger partial charge in [-0.3, -0.25) is 15.1 Å². The van der Waals surface area contributed by atoms with Gasteiger partial charge in [-0.15, -0.1) is 24.0 Å². The molecular formula is C14H23IN4O2S. The molecule has 0 bridgehead atoms. The van der Waals surface area contributed by atoms with Crippen LogP contribution in [-0.4, -0.2) is 36.5 Å². The molecule has 1 rings (SSSR count). The van der Waals surface area contributed by atoms with Crippen LogP contribution in [-0.2, 0) is 6.54 Å². The first-order valence-corrected chi connectivity index (χ1v) is 8.24. The van der Waals surface area contributed by atoms with Gasteiger partial charge in [0.25, 0.3) is 5.69 Å². The van der Waals surface area contributed by atoms with Crippen LogP contribution in [0.15, 0.2) is 29.3 Å². The molecule has 0 saturated carbocycles. The van der Waals surface area contributed by atoms with Crippen LogP contribution in [0.5, 0.6) is 0 Å². The van der Waals surface area contributed by atoms with Crippen LogP contribution in [0.2, 0.25) is 0 Å². The number of hydrogen-bond acceptors (Lipinski definition) is 4. The molecule has 0 amide bonds. The first kappa shape index (κ1) is 21.0. The SMILES string of the molecule is CN=C(NCCCCSC)NCc1ccccc1[N+](=O)[O-].I. The van der Waals surface area contributed by atoms with Crippen molar-refractivity contribution in [2.24, 2.45) is 4.99 Å². The minimum Gasteiger partial charge on any atom is -0.356 e. The Morgan fingerprint density at radius 2 is 2.05 bits per heavy atom. The first-order chi connectivity index (χ1) is 10.2. The third-order valence-corrected chi connectivity index (χ3v) is 3.62. The zero-order valence-electron chi connectivity index (χ0n) is 12.9. The van der Waals surface area contributed by atoms with E-state index < -0.39 is 0 Å². The standard InChI is InChI=1S/C14H22N4O2S.HI/c1-15-14(16-9-5-6-10-21-2)17-11-12-7-3-4-8-13(12)18(19)20;/h3-4,7-8H,5-6,9-11H2,1-2H3,(H2,15,16,17);1H. The highest BCUT2D eigenvalue weighted by molar-refractivity contribution is 14.0. The van der Waals surface area contributed by atoms with Gasteiger partial charge in [0.05, 0.1) is 4.92 Å². The average Bonchev–Trinajstić information content (AvgIpc) is 2.50. The van der Waals surface area contributed by atoms with Gasteiger partial charge in [0.1, 0.15) is 0 Å². The molecule has 0 radical (unpaired) electrons. The summed E-state index contributed by atoms with van der Waals surface area (Å²) in [5, 5.41) is 17.2. The number of para-hydroxylation sites is 1. The minimum atomic E-state index is -0.365. The lowest BCUT2D eigenvalue weighted by Gasteiger charge is -2.11. The van der Waals surface area contributed by atoms with Gasteiger partial charge in [0.15, 0.2) is 5.96 Å². The predicted molar refractivity (Wildman–Crippen MR) is 104 cm³/mol. The predicted octanol–water partition coefficient (Wildman–Crippen LogP) is 3.02. The molecule has 0 aliphatic carbocycles. The van der Waals surface area contributed by atoms with E-state index >= 15 is 0 Å². The van der Waals surface area contributed by atoms with Crippen LogP contribution in [0.25, 0.3) is 0 Å². The van der Waals surface area contributed by atoms with E-state index in [4.69, 9.17) is 0 Å². The summed E-state index contributed by atoms with van der Waals surface area (Å²) in [5.74, 6) is 1.82. The molecule has 1 aromatic carbocycles. The fourth-order valence-electron chi connectivity index (χ4n) is 1.82. The Balaban J connectivity index is 0.00000441. The highest BCUT2D eigenvalue weighted by Gasteiger charge is 2.12. The van der Waals surface area contributed by atoms with E-state index in [2.05, 4.69) is 21.9 Å². The van der Waals surface area contributed by atoms with Crippen molar-refractivity contribution in [3.63, 3.8) is 0 Å². The van der Waals surface area contributed by atoms with Crippen molar-refractivity contribution in [1.82, 2.24) is 10.6 Å². The lowest BCUT2D eigenvalue weighted by molar-refractivity contribution is -0.385. The van der Waals surface area contributed by atoms with Gasteiger partial charge in [0, 0.05) is 31.8 Å². The van der Waals surface area contributed by atoms with Crippen molar-refractivity contribution in [2.75, 3.05) is 25.6 Å². The molecule has 0 heterocycles. The summed E-state index contributed by atoms with van der Waals surface area (Å²) in [6, 6.07) is 6.72. The topological polar surface area (TPSA) is 79.6 Å². The molecule has 0 spiro atoms. The van der Waals surface area contributed by atoms with E-state index in [1.165, 1.54) is 6.07 Å². The van der Waals surface area contributed by atoms with E-state index in [1.54, 1.807) is 25.2 Å². The average molecular weight is 438 g/mol. The zero-order chi connectivity index (χ0) is 15.5. The molecule has 124 valence electrons. The van der Waals surface area contributed by atoms with Crippen LogP contribution < -0.4 is 10.6 Å². The van der Waals surface area contributed by atoms with Gasteiger partial charge in [-0.05, 0) is 24.9 Å². The number of nitrogens with zero attached hydrogens (tertiary/aromatic N) is 2. The number of unbranched alkanes of at least 4 members (excludes halogenated alkanes) is 1. The maximum atomic E-state index is 10.9. The number of nitrogens with one attached hydrogen (secondary N) is 2. The summed E-state index contributed by atoms with van der Waals surface area (Å²) >= 11 is 1.84. The van der Waals surface area contributed by atoms with Gasteiger partial charge in [0.2, 0.25) is 0 Å². The highest BCUT2D eigenvalue weighted by atomic mass is 127. The number of thioether (sulfide) groups is 1. The molecule has 0 aliphatic heterocycles. The molecule has 2 N–H and O–H groups in total. The summed E-state index contributed by atoms with van der Waals surface area (Å²) in [4.78, 5) is 14.7. The largest absolute Gasteiger partial charge is 0.356 e. The van der Waals surface area contributed by atoms with E-state index in [0.717, 1.165) is 25.1 Å². The highest BCUT2D eigenvalue weighted by Crippen LogP contribution is 2.16. The number of guanidine groups is 1. The maximum Gasteiger partial charge on any atom is 0.274 e. The van der Waals surface area contributed by atoms with E-state index in [9.17, 15) is 10.1 Å². The summed E-state index contributed by atoms with van der Waals surface area (Å²) in [7, 11) is 1.69. The Hall–Kier alpha value is -1.03. The number of hydrogen-bond donors (Lipinski definition) is 2. The van der Waals surface area contributed by atoms with Crippen molar-refractivity contribution in [1.29, 1.82) is 0 Å². The van der Waals surface area contributed by atoms with Crippen LogP contribution in [0.3, 0.4) is 0 Å². The van der Waals surface area contributed by atoms with Gasteiger partial charge >= 0.3 is 0 Å². The van der Waals surface area contributed by atoms with Crippen LogP contribution in [0.4, 0.5) is 5.69 Å². The second kappa shape index (κ2) is 12.5. The number of benzene rings is 1. The van der Waals surface area contributed by atoms with Crippen molar-refractivity contribution in [2.45, 2.75) is 19.4 Å². The number of rotatable bonds is 8. The molecule has 1 aromatic rings. The second-order valence-electron chi connectivity index (χ2n) is 4.44. The van der Waals surface area contributed by atoms with Crippen LogP contribution in [0, 0.1) is 10.1 Å². The molecule has 0 aliphatic rings. The fourth-order valence-corrected chi connectivity index (χ4v) is 2.31. The molecule has 0 aromatic heterocycles. The summed E-state index contributed by atoms with van der Waals surface area (Å²) in [6.07, 6.45) is 4.34. The smallest absolute Gasteiger partial charge is 0.274 e. The van der Waals surface area contributed by atoms with Gasteiger partial charge in [-0.25, -0.2) is 0 Å². The van der Waals surface area contributed by atoms with Gasteiger partial charge in [-0.1, -0.05) is 18.2 Å². The Morgan fingerprint density at radius 3 is 2.68 bits per heavy atom. The fraction of sp³-hybridized carbons (Fsp3) is 0.500. The van der Waals surface area contributed by atoms with Crippen molar-refractivity contribution in [3.05, 3.63) is 39.9 Å². The monoisotopic (exact) mass is 438 g/mol. The first-order valence-electron chi connectivity index (χ1n) is 6.84. The maximum absolute atomic E-state index is 10.9. The number of aliphatic imine (C=N–C) groups is 1. The Kier molecular flexibility index (Phi) is 11.9. The van der Waals surface area contributed by atoms with Crippen LogP contribution >= 0.6 is 35.7 Å². The molecule has 0 atom stereocenters. The summed E-state index contributed by atoms with van der Waals surface area (Å²) in [5.41, 5.74) is 0.772. The van der Waals surface area contributed by atoms with E-state index in [-0.39, 0.29) is 34.6 Å². The molecule has 22 heavy (non-hydrogen) atoms. The number of nitro groups is 1. The zero-order valence-corrected chi connectivity index (χ0v) is 16.0. The van der Waals surface area contributed by atoms with E-state index in [1.807, 2.05) is 11.8 Å². The molecule has 6 nitrogen and oxygen atoms in total. The Bertz CT molecular complexity index is 486. The number of halogens is 1. The normalized spacial score (nSPS) is 10.7. The van der Waals surface area contributed by atoms with E-state index in [0.29, 0.717) is 18.1 Å². The second-order valence-corrected chi connectivity index (χ2v) is 5.42. The minimum absolute atomic E-state index is 0. The third kappa shape index (κ3) is 7.83. The van der Waals surface area contributed by atoms with Crippen LogP contribution in [0.1, 0.15) is 18.4 Å². The third-order valence-electron chi connectivity index (χ3n) is 2.93. The molecule has 0 unspecified atom stereocenters. The molecule has 0 fully saturated rings. The quantitative estimate of drug-likeness (QED) is 0.163. The van der Waals surface area contributed by atoms with Gasteiger partial charge < -0.3 is 10.6 Å². The lowest BCUT2D eigenvalue weighted by atomic mass is 10.2. The molecule has 8 heteroatoms. The molecular weight excluding hydrogens is 415 g/mol.